The highest BCUT2D eigenvalue weighted by Crippen LogP contribution is 2.32. The molecule has 84 valence electrons. The number of ether oxygens (including phenoxy) is 1. The van der Waals surface area contributed by atoms with Crippen molar-refractivity contribution in [3.8, 4) is 0 Å². The first-order chi connectivity index (χ1) is 6.93. The van der Waals surface area contributed by atoms with E-state index in [1.165, 1.54) is 18.2 Å². The first kappa shape index (κ1) is 12.0. The molecule has 1 rings (SSSR count). The van der Waals surface area contributed by atoms with Crippen molar-refractivity contribution < 1.29 is 19.7 Å². The Hall–Kier alpha value is -1.04. The van der Waals surface area contributed by atoms with Gasteiger partial charge >= 0.3 is 5.97 Å². The molecule has 0 bridgehead atoms. The highest BCUT2D eigenvalue weighted by atomic mass is 35.5. The van der Waals surface area contributed by atoms with Crippen LogP contribution < -0.4 is 5.73 Å². The highest BCUT2D eigenvalue weighted by Gasteiger charge is 2.46. The van der Waals surface area contributed by atoms with Crippen LogP contribution in [0.4, 0.5) is 0 Å². The molecule has 0 saturated carbocycles. The Morgan fingerprint density at radius 1 is 1.80 bits per heavy atom. The van der Waals surface area contributed by atoms with Crippen LogP contribution in [-0.2, 0) is 9.53 Å². The summed E-state index contributed by atoms with van der Waals surface area (Å²) in [4.78, 5) is 9.61. The van der Waals surface area contributed by atoms with E-state index >= 15 is 0 Å². The fraction of sp³-hybridized carbons (Fsp3) is 0.444. The Labute approximate surface area is 91.8 Å². The number of allylic oxidation sites excluding steroid dienone is 2. The average molecular weight is 234 g/mol. The minimum absolute atomic E-state index is 0.341. The molecule has 1 aliphatic rings. The summed E-state index contributed by atoms with van der Waals surface area (Å²) in [5.74, 6) is -1.10. The van der Waals surface area contributed by atoms with E-state index in [9.17, 15) is 15.0 Å². The Kier molecular flexibility index (Phi) is 3.38. The molecule has 5 nitrogen and oxygen atoms in total. The summed E-state index contributed by atoms with van der Waals surface area (Å²) >= 11 is 5.98. The van der Waals surface area contributed by atoms with Gasteiger partial charge in [-0.2, -0.15) is 0 Å². The lowest BCUT2D eigenvalue weighted by molar-refractivity contribution is -0.143. The Morgan fingerprint density at radius 2 is 2.40 bits per heavy atom. The number of halogens is 1. The number of rotatable bonds is 2. The van der Waals surface area contributed by atoms with E-state index < -0.39 is 23.0 Å². The van der Waals surface area contributed by atoms with E-state index in [0.29, 0.717) is 0 Å². The molecule has 0 aromatic rings. The zero-order chi connectivity index (χ0) is 11.6. The van der Waals surface area contributed by atoms with Gasteiger partial charge in [-0.15, -0.1) is 11.6 Å². The monoisotopic (exact) mass is 233 g/mol. The molecule has 0 spiro atoms. The van der Waals surface area contributed by atoms with Crippen LogP contribution in [-0.4, -0.2) is 40.3 Å². The lowest BCUT2D eigenvalue weighted by atomic mass is 9.88. The van der Waals surface area contributed by atoms with Crippen molar-refractivity contribution in [3.63, 3.8) is 0 Å². The number of carbonyl (C=O) groups excluding carboxylic acids is 1. The van der Waals surface area contributed by atoms with Gasteiger partial charge in [-0.3, -0.25) is 4.79 Å². The SMILES string of the molecule is COC(=O)C(N)C1(Cl)C=CC=C(O)C1O. The van der Waals surface area contributed by atoms with Gasteiger partial charge in [0.2, 0.25) is 0 Å². The molecule has 6 heteroatoms. The van der Waals surface area contributed by atoms with E-state index in [4.69, 9.17) is 17.3 Å². The average Bonchev–Trinajstić information content (AvgIpc) is 2.23. The molecule has 4 N–H and O–H groups in total. The third kappa shape index (κ3) is 1.99. The molecule has 0 aromatic heterocycles. The van der Waals surface area contributed by atoms with Crippen molar-refractivity contribution in [1.29, 1.82) is 0 Å². The number of hydrogen-bond donors (Lipinski definition) is 3. The topological polar surface area (TPSA) is 92.8 Å². The maximum Gasteiger partial charge on any atom is 0.324 e. The van der Waals surface area contributed by atoms with Crippen LogP contribution in [0.2, 0.25) is 0 Å². The molecule has 0 radical (unpaired) electrons. The summed E-state index contributed by atoms with van der Waals surface area (Å²) in [5, 5.41) is 18.9. The van der Waals surface area contributed by atoms with Crippen LogP contribution in [0.15, 0.2) is 24.0 Å². The van der Waals surface area contributed by atoms with Gasteiger partial charge in [-0.25, -0.2) is 0 Å². The molecule has 3 unspecified atom stereocenters. The number of esters is 1. The summed E-state index contributed by atoms with van der Waals surface area (Å²) < 4.78 is 4.42. The molecule has 1 aliphatic carbocycles. The summed E-state index contributed by atoms with van der Waals surface area (Å²) in [6, 6.07) is -1.26. The van der Waals surface area contributed by atoms with E-state index in [-0.39, 0.29) is 5.76 Å². The predicted octanol–water partition coefficient (Wildman–Crippen LogP) is -0.163. The van der Waals surface area contributed by atoms with Crippen LogP contribution in [0, 0.1) is 0 Å². The second-order valence-electron chi connectivity index (χ2n) is 3.18. The number of nitrogens with two attached hydrogens (primary N) is 1. The van der Waals surface area contributed by atoms with Crippen LogP contribution >= 0.6 is 11.6 Å². The van der Waals surface area contributed by atoms with Crippen molar-refractivity contribution in [2.24, 2.45) is 5.73 Å². The number of aliphatic hydroxyl groups is 2. The molecule has 0 aromatic carbocycles. The fourth-order valence-electron chi connectivity index (χ4n) is 1.28. The largest absolute Gasteiger partial charge is 0.509 e. The zero-order valence-electron chi connectivity index (χ0n) is 8.05. The molecule has 0 heterocycles. The number of aliphatic hydroxyl groups excluding tert-OH is 2. The van der Waals surface area contributed by atoms with Crippen LogP contribution in [0.1, 0.15) is 0 Å². The van der Waals surface area contributed by atoms with E-state index in [0.717, 1.165) is 7.11 Å². The first-order valence-electron chi connectivity index (χ1n) is 4.22. The Balaban J connectivity index is 2.97. The van der Waals surface area contributed by atoms with Crippen molar-refractivity contribution in [2.45, 2.75) is 17.0 Å². The van der Waals surface area contributed by atoms with Gasteiger partial charge in [0.15, 0.2) is 0 Å². The Bertz CT molecular complexity index is 328. The highest BCUT2D eigenvalue weighted by molar-refractivity contribution is 6.28. The van der Waals surface area contributed by atoms with E-state index in [1.807, 2.05) is 0 Å². The second kappa shape index (κ2) is 4.22. The minimum atomic E-state index is -1.58. The van der Waals surface area contributed by atoms with E-state index in [1.54, 1.807) is 0 Å². The molecule has 0 saturated heterocycles. The van der Waals surface area contributed by atoms with Gasteiger partial charge in [-0.1, -0.05) is 12.2 Å². The van der Waals surface area contributed by atoms with Crippen molar-refractivity contribution >= 4 is 17.6 Å². The van der Waals surface area contributed by atoms with Crippen LogP contribution in [0.3, 0.4) is 0 Å². The predicted molar refractivity (Wildman–Crippen MR) is 54.4 cm³/mol. The fourth-order valence-corrected chi connectivity index (χ4v) is 1.56. The maximum absolute atomic E-state index is 11.2. The molecule has 15 heavy (non-hydrogen) atoms. The maximum atomic E-state index is 11.2. The van der Waals surface area contributed by atoms with Gasteiger partial charge in [0.25, 0.3) is 0 Å². The van der Waals surface area contributed by atoms with Crippen molar-refractivity contribution in [2.75, 3.05) is 7.11 Å². The zero-order valence-corrected chi connectivity index (χ0v) is 8.81. The van der Waals surface area contributed by atoms with E-state index in [2.05, 4.69) is 4.74 Å². The van der Waals surface area contributed by atoms with Gasteiger partial charge in [-0.05, 0) is 6.08 Å². The van der Waals surface area contributed by atoms with Gasteiger partial charge in [0, 0.05) is 0 Å². The first-order valence-corrected chi connectivity index (χ1v) is 4.60. The second-order valence-corrected chi connectivity index (χ2v) is 3.84. The minimum Gasteiger partial charge on any atom is -0.509 e. The summed E-state index contributed by atoms with van der Waals surface area (Å²) in [6.07, 6.45) is 2.60. The molecule has 0 amide bonds. The smallest absolute Gasteiger partial charge is 0.324 e. The lowest BCUT2D eigenvalue weighted by Gasteiger charge is -2.34. The van der Waals surface area contributed by atoms with Gasteiger partial charge in [0.05, 0.1) is 7.11 Å². The normalized spacial score (nSPS) is 32.0. The summed E-state index contributed by atoms with van der Waals surface area (Å²) in [7, 11) is 1.16. The van der Waals surface area contributed by atoms with Crippen LogP contribution in [0.5, 0.6) is 0 Å². The molecule has 0 aliphatic heterocycles. The third-order valence-corrected chi connectivity index (χ3v) is 2.82. The summed E-state index contributed by atoms with van der Waals surface area (Å²) in [6.45, 7) is 0. The lowest BCUT2D eigenvalue weighted by Crippen LogP contribution is -2.56. The number of carbonyl (C=O) groups is 1. The third-order valence-electron chi connectivity index (χ3n) is 2.25. The molecule has 0 fully saturated rings. The van der Waals surface area contributed by atoms with Gasteiger partial charge in [0.1, 0.15) is 22.8 Å². The van der Waals surface area contributed by atoms with Crippen molar-refractivity contribution in [3.05, 3.63) is 24.0 Å². The Morgan fingerprint density at radius 3 is 2.93 bits per heavy atom. The summed E-state index contributed by atoms with van der Waals surface area (Å²) in [5.41, 5.74) is 5.53. The quantitative estimate of drug-likeness (QED) is 0.455. The standard InChI is InChI=1S/C9H12ClNO4/c1-15-8(14)6(11)9(10)4-2-3-5(12)7(9)13/h2-4,6-7,12-13H,11H2,1H3. The molecular formula is C9H12ClNO4. The van der Waals surface area contributed by atoms with Gasteiger partial charge < -0.3 is 20.7 Å². The number of alkyl halides is 1. The van der Waals surface area contributed by atoms with Crippen molar-refractivity contribution in [1.82, 2.24) is 0 Å². The molecular weight excluding hydrogens is 222 g/mol. The molecule has 3 atom stereocenters. The van der Waals surface area contributed by atoms with Crippen LogP contribution in [0.25, 0.3) is 0 Å². The number of methoxy groups -OCH3 is 1. The number of hydrogen-bond acceptors (Lipinski definition) is 5.